The number of benzene rings is 1. The second-order valence-electron chi connectivity index (χ2n) is 7.34. The molecule has 30 heavy (non-hydrogen) atoms. The Hall–Kier alpha value is -2.76. The number of aromatic nitrogens is 1. The molecular formula is C19H23N3O7S. The molecule has 1 aliphatic rings. The van der Waals surface area contributed by atoms with Crippen molar-refractivity contribution < 1.29 is 27.5 Å². The number of morpholine rings is 1. The van der Waals surface area contributed by atoms with Crippen LogP contribution in [0.4, 0.5) is 0 Å². The molecule has 3 rings (SSSR count). The maximum absolute atomic E-state index is 13.0. The third-order valence-corrected chi connectivity index (χ3v) is 6.68. The van der Waals surface area contributed by atoms with Crippen LogP contribution in [0.25, 0.3) is 10.9 Å². The fraction of sp³-hybridized carbons (Fsp3) is 0.421. The molecule has 0 radical (unpaired) electrons. The van der Waals surface area contributed by atoms with E-state index in [1.807, 2.05) is 0 Å². The molecule has 2 aromatic rings. The molecule has 0 unspecified atom stereocenters. The molecule has 0 saturated carbocycles. The van der Waals surface area contributed by atoms with E-state index in [2.05, 4.69) is 15.0 Å². The van der Waals surface area contributed by atoms with Crippen LogP contribution < -0.4 is 10.9 Å². The molecule has 1 saturated heterocycles. The Labute approximate surface area is 173 Å². The summed E-state index contributed by atoms with van der Waals surface area (Å²) in [7, 11) is -2.61. The summed E-state index contributed by atoms with van der Waals surface area (Å²) in [6.07, 6.45) is 0. The maximum Gasteiger partial charge on any atom is 0.330 e. The zero-order valence-corrected chi connectivity index (χ0v) is 17.7. The lowest BCUT2D eigenvalue weighted by molar-refractivity contribution is -0.146. The van der Waals surface area contributed by atoms with Gasteiger partial charge in [-0.3, -0.25) is 9.59 Å². The summed E-state index contributed by atoms with van der Waals surface area (Å²) in [4.78, 5) is 39.4. The number of amides is 1. The number of rotatable bonds is 5. The molecule has 0 spiro atoms. The number of fused-ring (bicyclic) bond motifs is 1. The lowest BCUT2D eigenvalue weighted by Gasteiger charge is -2.26. The van der Waals surface area contributed by atoms with Crippen molar-refractivity contribution in [3.8, 4) is 0 Å². The van der Waals surface area contributed by atoms with E-state index >= 15 is 0 Å². The number of nitrogens with one attached hydrogen (secondary N) is 2. The number of H-pyrrole nitrogens is 1. The Kier molecular flexibility index (Phi) is 5.97. The predicted molar refractivity (Wildman–Crippen MR) is 108 cm³/mol. The highest BCUT2D eigenvalue weighted by atomic mass is 32.2. The molecule has 1 aliphatic heterocycles. The summed E-state index contributed by atoms with van der Waals surface area (Å²) in [5.74, 6) is -1.37. The van der Waals surface area contributed by atoms with Crippen LogP contribution in [0.5, 0.6) is 0 Å². The summed E-state index contributed by atoms with van der Waals surface area (Å²) in [5, 5.41) is 2.76. The second kappa shape index (κ2) is 8.17. The van der Waals surface area contributed by atoms with E-state index in [-0.39, 0.29) is 28.9 Å². The SMILES string of the molecule is COC(=O)C(C)(C)NC(=O)c1cc(=O)[nH]c2ccc(S(=O)(=O)N3CCOCC3)cc12. The van der Waals surface area contributed by atoms with Crippen molar-refractivity contribution in [2.45, 2.75) is 24.3 Å². The smallest absolute Gasteiger partial charge is 0.330 e. The van der Waals surface area contributed by atoms with E-state index in [1.165, 1.54) is 43.5 Å². The van der Waals surface area contributed by atoms with Crippen LogP contribution in [0.1, 0.15) is 24.2 Å². The maximum atomic E-state index is 13.0. The lowest BCUT2D eigenvalue weighted by atomic mass is 10.0. The van der Waals surface area contributed by atoms with Gasteiger partial charge in [0.25, 0.3) is 5.91 Å². The van der Waals surface area contributed by atoms with E-state index in [0.29, 0.717) is 18.7 Å². The van der Waals surface area contributed by atoms with Crippen molar-refractivity contribution in [3.63, 3.8) is 0 Å². The van der Waals surface area contributed by atoms with Crippen LogP contribution in [-0.2, 0) is 24.3 Å². The third-order valence-electron chi connectivity index (χ3n) is 4.79. The van der Waals surface area contributed by atoms with Gasteiger partial charge in [-0.05, 0) is 32.0 Å². The van der Waals surface area contributed by atoms with E-state index in [4.69, 9.17) is 4.74 Å². The highest BCUT2D eigenvalue weighted by molar-refractivity contribution is 7.89. The quantitative estimate of drug-likeness (QED) is 0.639. The van der Waals surface area contributed by atoms with E-state index in [0.717, 1.165) is 6.07 Å². The first-order chi connectivity index (χ1) is 14.1. The van der Waals surface area contributed by atoms with Crippen molar-refractivity contribution >= 4 is 32.8 Å². The summed E-state index contributed by atoms with van der Waals surface area (Å²) >= 11 is 0. The van der Waals surface area contributed by atoms with Gasteiger partial charge < -0.3 is 19.8 Å². The zero-order chi connectivity index (χ0) is 22.1. The molecule has 1 aromatic carbocycles. The standard InChI is InChI=1S/C19H23N3O7S/c1-19(2,18(25)28-3)21-17(24)14-11-16(23)20-15-5-4-12(10-13(14)15)30(26,27)22-6-8-29-9-7-22/h4-5,10-11H,6-9H2,1-3H3,(H,20,23)(H,21,24). The van der Waals surface area contributed by atoms with Gasteiger partial charge in [0.2, 0.25) is 15.6 Å². The normalized spacial score (nSPS) is 15.7. The van der Waals surface area contributed by atoms with E-state index in [9.17, 15) is 22.8 Å². The fourth-order valence-corrected chi connectivity index (χ4v) is 4.61. The average molecular weight is 437 g/mol. The molecule has 162 valence electrons. The van der Waals surface area contributed by atoms with Gasteiger partial charge in [0.15, 0.2) is 0 Å². The van der Waals surface area contributed by atoms with Gasteiger partial charge in [0.1, 0.15) is 5.54 Å². The summed E-state index contributed by atoms with van der Waals surface area (Å²) in [6, 6.07) is 5.22. The molecule has 0 aliphatic carbocycles. The summed E-state index contributed by atoms with van der Waals surface area (Å²) < 4.78 is 37.1. The topological polar surface area (TPSA) is 135 Å². The number of aromatic amines is 1. The van der Waals surface area contributed by atoms with E-state index in [1.54, 1.807) is 0 Å². The molecular weight excluding hydrogens is 414 g/mol. The highest BCUT2D eigenvalue weighted by Crippen LogP contribution is 2.24. The number of methoxy groups -OCH3 is 1. The first-order valence-corrected chi connectivity index (χ1v) is 10.7. The zero-order valence-electron chi connectivity index (χ0n) is 16.9. The van der Waals surface area contributed by atoms with Crippen LogP contribution in [0, 0.1) is 0 Å². The van der Waals surface area contributed by atoms with Crippen molar-refractivity contribution in [3.05, 3.63) is 40.2 Å². The van der Waals surface area contributed by atoms with E-state index < -0.39 is 33.0 Å². The first-order valence-electron chi connectivity index (χ1n) is 9.22. The van der Waals surface area contributed by atoms with Crippen molar-refractivity contribution in [2.75, 3.05) is 33.4 Å². The second-order valence-corrected chi connectivity index (χ2v) is 9.28. The minimum atomic E-state index is -3.80. The molecule has 0 bridgehead atoms. The number of carbonyl (C=O) groups excluding carboxylic acids is 2. The Morgan fingerprint density at radius 3 is 2.50 bits per heavy atom. The summed E-state index contributed by atoms with van der Waals surface area (Å²) in [5.41, 5.74) is -1.64. The summed E-state index contributed by atoms with van der Waals surface area (Å²) in [6.45, 7) is 3.98. The number of carbonyl (C=O) groups is 2. The van der Waals surface area contributed by atoms with Crippen LogP contribution in [0.3, 0.4) is 0 Å². The Morgan fingerprint density at radius 2 is 1.87 bits per heavy atom. The van der Waals surface area contributed by atoms with Crippen LogP contribution in [0.2, 0.25) is 0 Å². The van der Waals surface area contributed by atoms with Crippen molar-refractivity contribution in [1.82, 2.24) is 14.6 Å². The Morgan fingerprint density at radius 1 is 1.20 bits per heavy atom. The Balaban J connectivity index is 2.07. The molecule has 11 heteroatoms. The Bertz CT molecular complexity index is 1150. The first kappa shape index (κ1) is 21.9. The molecule has 2 N–H and O–H groups in total. The fourth-order valence-electron chi connectivity index (χ4n) is 3.17. The lowest BCUT2D eigenvalue weighted by Crippen LogP contribution is -2.50. The third kappa shape index (κ3) is 4.23. The van der Waals surface area contributed by atoms with Gasteiger partial charge >= 0.3 is 5.97 Å². The molecule has 2 heterocycles. The number of hydrogen-bond donors (Lipinski definition) is 2. The monoisotopic (exact) mass is 437 g/mol. The average Bonchev–Trinajstić information content (AvgIpc) is 2.72. The molecule has 1 amide bonds. The van der Waals surface area contributed by atoms with Crippen molar-refractivity contribution in [2.24, 2.45) is 0 Å². The van der Waals surface area contributed by atoms with Crippen LogP contribution >= 0.6 is 0 Å². The number of ether oxygens (including phenoxy) is 2. The van der Waals surface area contributed by atoms with Crippen LogP contribution in [0.15, 0.2) is 34.0 Å². The van der Waals surface area contributed by atoms with Crippen LogP contribution in [-0.4, -0.2) is 68.5 Å². The number of nitrogens with zero attached hydrogens (tertiary/aromatic N) is 1. The molecule has 10 nitrogen and oxygen atoms in total. The molecule has 0 atom stereocenters. The van der Waals surface area contributed by atoms with Gasteiger partial charge in [-0.25, -0.2) is 13.2 Å². The van der Waals surface area contributed by atoms with Gasteiger partial charge in [0, 0.05) is 30.1 Å². The van der Waals surface area contributed by atoms with Gasteiger partial charge in [-0.15, -0.1) is 0 Å². The minimum absolute atomic E-state index is 0.00905. The number of hydrogen-bond acceptors (Lipinski definition) is 7. The highest BCUT2D eigenvalue weighted by Gasteiger charge is 2.32. The van der Waals surface area contributed by atoms with Gasteiger partial charge in [0.05, 0.1) is 30.8 Å². The number of sulfonamides is 1. The molecule has 1 aromatic heterocycles. The largest absolute Gasteiger partial charge is 0.467 e. The minimum Gasteiger partial charge on any atom is -0.467 e. The van der Waals surface area contributed by atoms with Crippen molar-refractivity contribution in [1.29, 1.82) is 0 Å². The number of pyridine rings is 1. The predicted octanol–water partition coefficient (Wildman–Crippen LogP) is 0.230. The molecule has 1 fully saturated rings. The van der Waals surface area contributed by atoms with Gasteiger partial charge in [-0.2, -0.15) is 4.31 Å². The number of esters is 1. The van der Waals surface area contributed by atoms with Gasteiger partial charge in [-0.1, -0.05) is 0 Å².